The summed E-state index contributed by atoms with van der Waals surface area (Å²) in [5, 5.41) is 12.8. The van der Waals surface area contributed by atoms with Gasteiger partial charge in [0.2, 0.25) is 0 Å². The summed E-state index contributed by atoms with van der Waals surface area (Å²) in [7, 11) is 0. The van der Waals surface area contributed by atoms with Crippen LogP contribution in [0.1, 0.15) is 29.5 Å². The smallest absolute Gasteiger partial charge is 0.277 e. The van der Waals surface area contributed by atoms with Gasteiger partial charge in [-0.05, 0) is 18.1 Å². The number of hydrogen-bond acceptors (Lipinski definition) is 8. The van der Waals surface area contributed by atoms with Crippen LogP contribution in [0.5, 0.6) is 0 Å². The molecule has 0 bridgehead atoms. The van der Waals surface area contributed by atoms with Crippen molar-refractivity contribution in [2.75, 3.05) is 5.32 Å². The molecule has 0 unspecified atom stereocenters. The molecule has 4 rings (SSSR count). The fourth-order valence-corrected chi connectivity index (χ4v) is 3.12. The molecular formula is C19H14N8OS. The lowest BCUT2D eigenvalue weighted by atomic mass is 10.2. The number of amides is 1. The predicted octanol–water partition coefficient (Wildman–Crippen LogP) is 2.59. The summed E-state index contributed by atoms with van der Waals surface area (Å²) in [6, 6.07) is 5.58. The van der Waals surface area contributed by atoms with Gasteiger partial charge in [0.15, 0.2) is 10.8 Å². The van der Waals surface area contributed by atoms with Gasteiger partial charge in [0, 0.05) is 11.8 Å². The molecule has 142 valence electrons. The highest BCUT2D eigenvalue weighted by Gasteiger charge is 2.17. The van der Waals surface area contributed by atoms with Crippen molar-refractivity contribution in [2.24, 2.45) is 0 Å². The molecule has 0 atom stereocenters. The SMILES string of the molecule is CCC#Cc1cccc(-c2csc(NC(=O)c3cnnn3-c3cncnc3)n2)n1. The Hall–Kier alpha value is -3.97. The number of hydrogen-bond donors (Lipinski definition) is 1. The van der Waals surface area contributed by atoms with Crippen LogP contribution in [-0.4, -0.2) is 40.8 Å². The monoisotopic (exact) mass is 402 g/mol. The third-order valence-electron chi connectivity index (χ3n) is 3.70. The topological polar surface area (TPSA) is 111 Å². The van der Waals surface area contributed by atoms with Crippen molar-refractivity contribution in [3.63, 3.8) is 0 Å². The van der Waals surface area contributed by atoms with Crippen LogP contribution in [0.4, 0.5) is 5.13 Å². The van der Waals surface area contributed by atoms with E-state index in [1.807, 2.05) is 30.5 Å². The van der Waals surface area contributed by atoms with E-state index < -0.39 is 5.91 Å². The van der Waals surface area contributed by atoms with Crippen molar-refractivity contribution >= 4 is 22.4 Å². The Balaban J connectivity index is 1.53. The van der Waals surface area contributed by atoms with Gasteiger partial charge in [0.25, 0.3) is 5.91 Å². The highest BCUT2D eigenvalue weighted by atomic mass is 32.1. The van der Waals surface area contributed by atoms with Gasteiger partial charge in [0.05, 0.1) is 24.3 Å². The molecule has 0 spiro atoms. The summed E-state index contributed by atoms with van der Waals surface area (Å²) in [5.74, 6) is 5.61. The first-order valence-corrected chi connectivity index (χ1v) is 9.52. The molecule has 0 aliphatic carbocycles. The first-order chi connectivity index (χ1) is 14.2. The van der Waals surface area contributed by atoms with Crippen molar-refractivity contribution in [1.82, 2.24) is 34.9 Å². The second kappa shape index (κ2) is 8.37. The van der Waals surface area contributed by atoms with Gasteiger partial charge in [0.1, 0.15) is 23.4 Å². The van der Waals surface area contributed by atoms with Gasteiger partial charge in [-0.3, -0.25) is 10.1 Å². The third-order valence-corrected chi connectivity index (χ3v) is 4.46. The minimum absolute atomic E-state index is 0.242. The number of pyridine rings is 1. The van der Waals surface area contributed by atoms with E-state index in [9.17, 15) is 4.79 Å². The van der Waals surface area contributed by atoms with Gasteiger partial charge < -0.3 is 0 Å². The Morgan fingerprint density at radius 1 is 1.17 bits per heavy atom. The number of rotatable bonds is 4. The molecule has 0 fully saturated rings. The van der Waals surface area contributed by atoms with Crippen molar-refractivity contribution in [2.45, 2.75) is 13.3 Å². The zero-order valence-electron chi connectivity index (χ0n) is 15.3. The van der Waals surface area contributed by atoms with E-state index >= 15 is 0 Å². The van der Waals surface area contributed by atoms with E-state index in [2.05, 4.69) is 47.4 Å². The second-order valence-electron chi connectivity index (χ2n) is 5.68. The molecule has 1 amide bonds. The van der Waals surface area contributed by atoms with Crippen LogP contribution in [-0.2, 0) is 0 Å². The number of aromatic nitrogens is 7. The van der Waals surface area contributed by atoms with Crippen LogP contribution in [0.3, 0.4) is 0 Å². The lowest BCUT2D eigenvalue weighted by Crippen LogP contribution is -2.17. The Bertz CT molecular complexity index is 1210. The molecule has 0 aromatic carbocycles. The van der Waals surface area contributed by atoms with E-state index in [-0.39, 0.29) is 5.69 Å². The van der Waals surface area contributed by atoms with Gasteiger partial charge in [-0.25, -0.2) is 24.6 Å². The quantitative estimate of drug-likeness (QED) is 0.522. The van der Waals surface area contributed by atoms with Gasteiger partial charge in [-0.2, -0.15) is 0 Å². The Kier molecular flexibility index (Phi) is 5.31. The zero-order valence-corrected chi connectivity index (χ0v) is 16.1. The molecule has 4 heterocycles. The zero-order chi connectivity index (χ0) is 20.1. The summed E-state index contributed by atoms with van der Waals surface area (Å²) in [4.78, 5) is 29.5. The normalized spacial score (nSPS) is 10.2. The maximum Gasteiger partial charge on any atom is 0.277 e. The summed E-state index contributed by atoms with van der Waals surface area (Å²) >= 11 is 1.30. The molecule has 9 nitrogen and oxygen atoms in total. The average Bonchev–Trinajstić information content (AvgIpc) is 3.43. The molecule has 4 aromatic heterocycles. The van der Waals surface area contributed by atoms with Crippen molar-refractivity contribution in [1.29, 1.82) is 0 Å². The number of thiazole rings is 1. The van der Waals surface area contributed by atoms with Crippen LogP contribution in [0.25, 0.3) is 17.1 Å². The second-order valence-corrected chi connectivity index (χ2v) is 6.54. The standard InChI is InChI=1S/C19H14N8OS/c1-2-3-5-13-6-4-7-15(23-13)16-11-29-19(24-16)25-18(28)17-10-22-26-27(17)14-8-20-12-21-9-14/h4,6-12H,2H2,1H3,(H,24,25,28). The predicted molar refractivity (Wildman–Crippen MR) is 107 cm³/mol. The molecule has 0 saturated heterocycles. The number of carbonyl (C=O) groups is 1. The van der Waals surface area contributed by atoms with E-state index in [0.29, 0.717) is 27.9 Å². The largest absolute Gasteiger partial charge is 0.296 e. The maximum atomic E-state index is 12.7. The molecule has 0 radical (unpaired) electrons. The molecule has 10 heteroatoms. The number of nitrogens with zero attached hydrogens (tertiary/aromatic N) is 7. The minimum Gasteiger partial charge on any atom is -0.296 e. The summed E-state index contributed by atoms with van der Waals surface area (Å²) in [5.41, 5.74) is 2.81. The van der Waals surface area contributed by atoms with Crippen LogP contribution >= 0.6 is 11.3 Å². The average molecular weight is 402 g/mol. The molecule has 1 N–H and O–H groups in total. The molecule has 4 aromatic rings. The molecule has 29 heavy (non-hydrogen) atoms. The van der Waals surface area contributed by atoms with Crippen LogP contribution < -0.4 is 5.32 Å². The van der Waals surface area contributed by atoms with Crippen molar-refractivity contribution < 1.29 is 4.79 Å². The first kappa shape index (κ1) is 18.4. The molecule has 0 saturated carbocycles. The molecule has 0 aliphatic rings. The number of carbonyl (C=O) groups excluding carboxylic acids is 1. The summed E-state index contributed by atoms with van der Waals surface area (Å²) in [6.45, 7) is 1.98. The Morgan fingerprint density at radius 3 is 2.86 bits per heavy atom. The first-order valence-electron chi connectivity index (χ1n) is 8.64. The fourth-order valence-electron chi connectivity index (χ4n) is 2.42. The lowest BCUT2D eigenvalue weighted by Gasteiger charge is -2.04. The van der Waals surface area contributed by atoms with E-state index in [1.165, 1.54) is 28.5 Å². The van der Waals surface area contributed by atoms with Crippen molar-refractivity contribution in [3.05, 3.63) is 59.9 Å². The number of anilines is 1. The summed E-state index contributed by atoms with van der Waals surface area (Å²) < 4.78 is 1.36. The summed E-state index contributed by atoms with van der Waals surface area (Å²) in [6.07, 6.45) is 6.61. The fraction of sp³-hybridized carbons (Fsp3) is 0.105. The molecule has 0 aliphatic heterocycles. The number of nitrogens with one attached hydrogen (secondary N) is 1. The van der Waals surface area contributed by atoms with Gasteiger partial charge in [-0.1, -0.05) is 24.1 Å². The van der Waals surface area contributed by atoms with E-state index in [0.717, 1.165) is 6.42 Å². The van der Waals surface area contributed by atoms with Crippen LogP contribution in [0, 0.1) is 11.8 Å². The van der Waals surface area contributed by atoms with E-state index in [1.54, 1.807) is 12.4 Å². The van der Waals surface area contributed by atoms with E-state index in [4.69, 9.17) is 0 Å². The maximum absolute atomic E-state index is 12.7. The molecular weight excluding hydrogens is 388 g/mol. The Morgan fingerprint density at radius 2 is 2.03 bits per heavy atom. The van der Waals surface area contributed by atoms with Crippen molar-refractivity contribution in [3.8, 4) is 28.9 Å². The highest BCUT2D eigenvalue weighted by molar-refractivity contribution is 7.14. The van der Waals surface area contributed by atoms with Crippen LogP contribution in [0.2, 0.25) is 0 Å². The van der Waals surface area contributed by atoms with Gasteiger partial charge in [-0.15, -0.1) is 16.4 Å². The minimum atomic E-state index is -0.393. The Labute approximate surface area is 169 Å². The third kappa shape index (κ3) is 4.15. The lowest BCUT2D eigenvalue weighted by molar-refractivity contribution is 0.101. The van der Waals surface area contributed by atoms with Crippen LogP contribution in [0.15, 0.2) is 48.5 Å². The highest BCUT2D eigenvalue weighted by Crippen LogP contribution is 2.24. The van der Waals surface area contributed by atoms with Gasteiger partial charge >= 0.3 is 0 Å².